The number of aliphatic hydroxyl groups is 1. The van der Waals surface area contributed by atoms with Crippen LogP contribution in [-0.2, 0) is 6.54 Å². The number of benzene rings is 3. The highest BCUT2D eigenvalue weighted by Crippen LogP contribution is 2.28. The van der Waals surface area contributed by atoms with Crippen LogP contribution in [0.25, 0.3) is 16.5 Å². The molecule has 1 aliphatic rings. The molecule has 1 aliphatic heterocycles. The summed E-state index contributed by atoms with van der Waals surface area (Å²) in [6.45, 7) is 5.72. The summed E-state index contributed by atoms with van der Waals surface area (Å²) in [6, 6.07) is 26.7. The molecule has 4 aromatic rings. The summed E-state index contributed by atoms with van der Waals surface area (Å²) < 4.78 is 1.70. The van der Waals surface area contributed by atoms with E-state index in [1.165, 1.54) is 0 Å². The van der Waals surface area contributed by atoms with Gasteiger partial charge in [-0.1, -0.05) is 73.7 Å². The van der Waals surface area contributed by atoms with E-state index in [4.69, 9.17) is 0 Å². The molecule has 2 heterocycles. The maximum atomic E-state index is 14.2. The number of amides is 1. The van der Waals surface area contributed by atoms with Crippen LogP contribution < -0.4 is 10.9 Å². The standard InChI is InChI=1S/C32H35N3O3/c1-3-27(23-12-6-4-7-13-23)33-30(36)29-25-16-10-11-17-26(25)31(37)35(24-14-8-5-9-15-24)28(29)22-34-20-18-32(2,38)19-21-34/h4-17,27,38H,3,18-22H2,1-2H3,(H,33,36)/t27-/m0/s1. The summed E-state index contributed by atoms with van der Waals surface area (Å²) in [7, 11) is 0. The Kier molecular flexibility index (Phi) is 7.45. The number of fused-ring (bicyclic) bond motifs is 1. The van der Waals surface area contributed by atoms with Gasteiger partial charge in [0.2, 0.25) is 0 Å². The van der Waals surface area contributed by atoms with Gasteiger partial charge in [-0.25, -0.2) is 0 Å². The Morgan fingerprint density at radius 2 is 1.50 bits per heavy atom. The fourth-order valence-corrected chi connectivity index (χ4v) is 5.39. The van der Waals surface area contributed by atoms with Crippen LogP contribution in [0.4, 0.5) is 0 Å². The Labute approximate surface area is 223 Å². The first kappa shape index (κ1) is 25.9. The summed E-state index contributed by atoms with van der Waals surface area (Å²) >= 11 is 0. The fraction of sp³-hybridized carbons (Fsp3) is 0.312. The second kappa shape index (κ2) is 10.9. The third-order valence-electron chi connectivity index (χ3n) is 7.65. The number of hydrogen-bond acceptors (Lipinski definition) is 4. The molecule has 0 spiro atoms. The Hall–Kier alpha value is -3.74. The van der Waals surface area contributed by atoms with Crippen molar-refractivity contribution in [1.82, 2.24) is 14.8 Å². The molecule has 1 fully saturated rings. The lowest BCUT2D eigenvalue weighted by Gasteiger charge is -2.36. The molecule has 6 heteroatoms. The van der Waals surface area contributed by atoms with Crippen molar-refractivity contribution < 1.29 is 9.90 Å². The van der Waals surface area contributed by atoms with Crippen LogP contribution in [0, 0.1) is 0 Å². The molecule has 0 radical (unpaired) electrons. The largest absolute Gasteiger partial charge is 0.390 e. The fourth-order valence-electron chi connectivity index (χ4n) is 5.39. The number of aromatic nitrogens is 1. The molecule has 0 unspecified atom stereocenters. The van der Waals surface area contributed by atoms with Gasteiger partial charge in [-0.05, 0) is 49.9 Å². The summed E-state index contributed by atoms with van der Waals surface area (Å²) in [6.07, 6.45) is 2.02. The van der Waals surface area contributed by atoms with Gasteiger partial charge in [-0.2, -0.15) is 0 Å². The molecule has 5 rings (SSSR count). The molecule has 1 amide bonds. The van der Waals surface area contributed by atoms with E-state index < -0.39 is 5.60 Å². The zero-order valence-corrected chi connectivity index (χ0v) is 22.1. The lowest BCUT2D eigenvalue weighted by Crippen LogP contribution is -2.43. The normalized spacial score (nSPS) is 16.3. The second-order valence-corrected chi connectivity index (χ2v) is 10.5. The second-order valence-electron chi connectivity index (χ2n) is 10.5. The molecule has 0 aliphatic carbocycles. The Balaban J connectivity index is 1.67. The Bertz CT molecular complexity index is 1470. The van der Waals surface area contributed by atoms with Crippen LogP contribution in [0.2, 0.25) is 0 Å². The molecule has 1 atom stereocenters. The van der Waals surface area contributed by atoms with E-state index in [-0.39, 0.29) is 17.5 Å². The first-order valence-electron chi connectivity index (χ1n) is 13.4. The van der Waals surface area contributed by atoms with Crippen molar-refractivity contribution in [2.24, 2.45) is 0 Å². The van der Waals surface area contributed by atoms with Crippen molar-refractivity contribution in [3.63, 3.8) is 0 Å². The number of pyridine rings is 1. The highest BCUT2D eigenvalue weighted by molar-refractivity contribution is 6.08. The number of hydrogen-bond donors (Lipinski definition) is 2. The van der Waals surface area contributed by atoms with E-state index in [0.717, 1.165) is 17.7 Å². The van der Waals surface area contributed by atoms with E-state index >= 15 is 0 Å². The van der Waals surface area contributed by atoms with Crippen LogP contribution in [-0.4, -0.2) is 39.2 Å². The highest BCUT2D eigenvalue weighted by atomic mass is 16.3. The van der Waals surface area contributed by atoms with Gasteiger partial charge in [0.25, 0.3) is 11.5 Å². The number of nitrogens with one attached hydrogen (secondary N) is 1. The van der Waals surface area contributed by atoms with Gasteiger partial charge in [-0.15, -0.1) is 0 Å². The molecular weight excluding hydrogens is 474 g/mol. The van der Waals surface area contributed by atoms with Gasteiger partial charge in [0.15, 0.2) is 0 Å². The molecule has 38 heavy (non-hydrogen) atoms. The first-order chi connectivity index (χ1) is 18.4. The maximum absolute atomic E-state index is 14.2. The predicted octanol–water partition coefficient (Wildman–Crippen LogP) is 5.22. The van der Waals surface area contributed by atoms with Crippen LogP contribution in [0.1, 0.15) is 60.8 Å². The predicted molar refractivity (Wildman–Crippen MR) is 152 cm³/mol. The lowest BCUT2D eigenvalue weighted by atomic mass is 9.93. The van der Waals surface area contributed by atoms with Gasteiger partial charge >= 0.3 is 0 Å². The molecule has 1 aromatic heterocycles. The van der Waals surface area contributed by atoms with Crippen LogP contribution >= 0.6 is 0 Å². The zero-order valence-electron chi connectivity index (χ0n) is 22.1. The number of carbonyl (C=O) groups excluding carboxylic acids is 1. The zero-order chi connectivity index (χ0) is 26.7. The van der Waals surface area contributed by atoms with Gasteiger partial charge in [0, 0.05) is 36.1 Å². The van der Waals surface area contributed by atoms with Crippen molar-refractivity contribution in [3.8, 4) is 5.69 Å². The number of para-hydroxylation sites is 1. The molecule has 0 bridgehead atoms. The topological polar surface area (TPSA) is 74.6 Å². The average Bonchev–Trinajstić information content (AvgIpc) is 2.94. The lowest BCUT2D eigenvalue weighted by molar-refractivity contribution is -0.00778. The van der Waals surface area contributed by atoms with Gasteiger partial charge in [0.05, 0.1) is 22.9 Å². The molecule has 1 saturated heterocycles. The monoisotopic (exact) mass is 509 g/mol. The molecule has 2 N–H and O–H groups in total. The molecule has 3 aromatic carbocycles. The minimum absolute atomic E-state index is 0.141. The molecule has 196 valence electrons. The molecule has 0 saturated carbocycles. The Morgan fingerprint density at radius 3 is 2.13 bits per heavy atom. The maximum Gasteiger partial charge on any atom is 0.263 e. The minimum Gasteiger partial charge on any atom is -0.390 e. The van der Waals surface area contributed by atoms with Crippen molar-refractivity contribution in [3.05, 3.63) is 112 Å². The van der Waals surface area contributed by atoms with E-state index in [1.54, 1.807) is 10.6 Å². The average molecular weight is 510 g/mol. The Morgan fingerprint density at radius 1 is 0.921 bits per heavy atom. The van der Waals surface area contributed by atoms with Crippen molar-refractivity contribution in [2.45, 2.75) is 51.3 Å². The number of carbonyl (C=O) groups is 1. The first-order valence-corrected chi connectivity index (χ1v) is 13.4. The number of nitrogens with zero attached hydrogens (tertiary/aromatic N) is 2. The van der Waals surface area contributed by atoms with E-state index in [0.29, 0.717) is 54.5 Å². The van der Waals surface area contributed by atoms with E-state index in [9.17, 15) is 14.7 Å². The van der Waals surface area contributed by atoms with Gasteiger partial charge in [-0.3, -0.25) is 19.1 Å². The summed E-state index contributed by atoms with van der Waals surface area (Å²) in [5.74, 6) is -0.194. The highest BCUT2D eigenvalue weighted by Gasteiger charge is 2.30. The van der Waals surface area contributed by atoms with Crippen molar-refractivity contribution >= 4 is 16.7 Å². The van der Waals surface area contributed by atoms with Crippen LogP contribution in [0.5, 0.6) is 0 Å². The van der Waals surface area contributed by atoms with Crippen molar-refractivity contribution in [1.29, 1.82) is 0 Å². The SMILES string of the molecule is CC[C@H](NC(=O)c1c(CN2CCC(C)(O)CC2)n(-c2ccccc2)c(=O)c2ccccc12)c1ccccc1. The quantitative estimate of drug-likeness (QED) is 0.358. The number of piperidine rings is 1. The van der Waals surface area contributed by atoms with E-state index in [1.807, 2.05) is 85.8 Å². The number of rotatable bonds is 7. The third-order valence-corrected chi connectivity index (χ3v) is 7.65. The van der Waals surface area contributed by atoms with Crippen LogP contribution in [0.3, 0.4) is 0 Å². The summed E-state index contributed by atoms with van der Waals surface area (Å²) in [5.41, 5.74) is 2.13. The summed E-state index contributed by atoms with van der Waals surface area (Å²) in [4.78, 5) is 30.3. The van der Waals surface area contributed by atoms with Gasteiger partial charge < -0.3 is 10.4 Å². The summed E-state index contributed by atoms with van der Waals surface area (Å²) in [5, 5.41) is 14.9. The molecular formula is C32H35N3O3. The van der Waals surface area contributed by atoms with Crippen LogP contribution in [0.15, 0.2) is 89.7 Å². The number of likely N-dealkylation sites (tertiary alicyclic amines) is 1. The smallest absolute Gasteiger partial charge is 0.263 e. The third kappa shape index (κ3) is 5.28. The van der Waals surface area contributed by atoms with Gasteiger partial charge in [0.1, 0.15) is 0 Å². The van der Waals surface area contributed by atoms with E-state index in [2.05, 4.69) is 17.1 Å². The van der Waals surface area contributed by atoms with Crippen molar-refractivity contribution in [2.75, 3.05) is 13.1 Å². The molecule has 6 nitrogen and oxygen atoms in total. The minimum atomic E-state index is -0.691.